The van der Waals surface area contributed by atoms with Gasteiger partial charge in [-0.2, -0.15) is 0 Å². The molecule has 1 N–H and O–H groups in total. The van der Waals surface area contributed by atoms with Crippen molar-refractivity contribution in [2.24, 2.45) is 0 Å². The first-order valence-corrected chi connectivity index (χ1v) is 10.9. The lowest BCUT2D eigenvalue weighted by molar-refractivity contribution is -0.149. The molecule has 0 aliphatic carbocycles. The molecule has 1 atom stereocenters. The molecule has 6 heteroatoms. The minimum absolute atomic E-state index is 0.00476. The SMILES string of the molecule is CCOC(Cc1ccccc1OCc1cnc2cc(C)cc(C)c2c1OC(C)C)C(=O)O. The Morgan fingerprint density at radius 3 is 2.56 bits per heavy atom. The van der Waals surface area contributed by atoms with Gasteiger partial charge in [0, 0.05) is 24.6 Å². The number of hydrogen-bond donors (Lipinski definition) is 1. The molecule has 0 aliphatic heterocycles. The van der Waals surface area contributed by atoms with E-state index in [2.05, 4.69) is 31.0 Å². The lowest BCUT2D eigenvalue weighted by Crippen LogP contribution is -2.26. The maximum absolute atomic E-state index is 11.5. The van der Waals surface area contributed by atoms with Crippen LogP contribution in [0.2, 0.25) is 0 Å². The molecule has 6 nitrogen and oxygen atoms in total. The van der Waals surface area contributed by atoms with Crippen LogP contribution in [0, 0.1) is 13.8 Å². The molecule has 0 amide bonds. The molecule has 1 heterocycles. The van der Waals surface area contributed by atoms with Gasteiger partial charge in [-0.3, -0.25) is 4.98 Å². The van der Waals surface area contributed by atoms with Gasteiger partial charge < -0.3 is 19.3 Å². The summed E-state index contributed by atoms with van der Waals surface area (Å²) in [6, 6.07) is 11.6. The Hall–Kier alpha value is -3.12. The Morgan fingerprint density at radius 2 is 1.88 bits per heavy atom. The predicted molar refractivity (Wildman–Crippen MR) is 125 cm³/mol. The number of aromatic nitrogens is 1. The molecule has 1 aromatic heterocycles. The highest BCUT2D eigenvalue weighted by Gasteiger charge is 2.21. The fourth-order valence-electron chi connectivity index (χ4n) is 3.77. The second-order valence-electron chi connectivity index (χ2n) is 8.14. The summed E-state index contributed by atoms with van der Waals surface area (Å²) in [6.07, 6.45) is 1.10. The molecular weight excluding hydrogens is 406 g/mol. The predicted octanol–water partition coefficient (Wildman–Crippen LogP) is 5.25. The zero-order valence-corrected chi connectivity index (χ0v) is 19.3. The fourth-order valence-corrected chi connectivity index (χ4v) is 3.77. The quantitative estimate of drug-likeness (QED) is 0.467. The van der Waals surface area contributed by atoms with Gasteiger partial charge in [0.05, 0.1) is 17.2 Å². The van der Waals surface area contributed by atoms with Gasteiger partial charge in [-0.15, -0.1) is 0 Å². The van der Waals surface area contributed by atoms with E-state index in [1.165, 1.54) is 0 Å². The van der Waals surface area contributed by atoms with Gasteiger partial charge in [0.1, 0.15) is 18.1 Å². The summed E-state index contributed by atoms with van der Waals surface area (Å²) < 4.78 is 17.7. The molecule has 0 fully saturated rings. The average molecular weight is 438 g/mol. The number of ether oxygens (including phenoxy) is 3. The second kappa shape index (κ2) is 10.5. The number of hydrogen-bond acceptors (Lipinski definition) is 5. The number of carboxylic acids is 1. The van der Waals surface area contributed by atoms with E-state index in [9.17, 15) is 9.90 Å². The molecule has 3 aromatic rings. The molecule has 2 aromatic carbocycles. The van der Waals surface area contributed by atoms with Crippen molar-refractivity contribution in [1.29, 1.82) is 0 Å². The summed E-state index contributed by atoms with van der Waals surface area (Å²) in [7, 11) is 0. The summed E-state index contributed by atoms with van der Waals surface area (Å²) in [5.74, 6) is 0.408. The number of carboxylic acid groups (broad SMARTS) is 1. The van der Waals surface area contributed by atoms with Crippen molar-refractivity contribution in [3.05, 3.63) is 64.8 Å². The number of aryl methyl sites for hydroxylation is 2. The molecule has 0 bridgehead atoms. The van der Waals surface area contributed by atoms with Crippen LogP contribution in [0.4, 0.5) is 0 Å². The van der Waals surface area contributed by atoms with Crippen LogP contribution >= 0.6 is 0 Å². The van der Waals surface area contributed by atoms with Crippen molar-refractivity contribution in [2.75, 3.05) is 6.61 Å². The molecule has 0 saturated carbocycles. The molecule has 3 rings (SSSR count). The van der Waals surface area contributed by atoms with Crippen LogP contribution in [0.3, 0.4) is 0 Å². The van der Waals surface area contributed by atoms with E-state index < -0.39 is 12.1 Å². The molecule has 170 valence electrons. The third kappa shape index (κ3) is 5.56. The number of aliphatic carboxylic acids is 1. The van der Waals surface area contributed by atoms with Crippen LogP contribution < -0.4 is 9.47 Å². The lowest BCUT2D eigenvalue weighted by atomic mass is 10.0. The molecule has 0 saturated heterocycles. The highest BCUT2D eigenvalue weighted by molar-refractivity contribution is 5.89. The smallest absolute Gasteiger partial charge is 0.333 e. The largest absolute Gasteiger partial charge is 0.490 e. The van der Waals surface area contributed by atoms with Gasteiger partial charge in [-0.25, -0.2) is 4.79 Å². The Kier molecular flexibility index (Phi) is 7.70. The van der Waals surface area contributed by atoms with E-state index in [4.69, 9.17) is 14.2 Å². The lowest BCUT2D eigenvalue weighted by Gasteiger charge is -2.19. The number of pyridine rings is 1. The normalized spacial score (nSPS) is 12.2. The first kappa shape index (κ1) is 23.5. The van der Waals surface area contributed by atoms with Gasteiger partial charge in [0.25, 0.3) is 0 Å². The minimum atomic E-state index is -0.987. The van der Waals surface area contributed by atoms with Crippen LogP contribution in [0.15, 0.2) is 42.6 Å². The number of benzene rings is 2. The summed E-state index contributed by atoms with van der Waals surface area (Å²) in [5, 5.41) is 10.4. The summed E-state index contributed by atoms with van der Waals surface area (Å²) in [5.41, 5.74) is 4.76. The topological polar surface area (TPSA) is 77.9 Å². The summed E-state index contributed by atoms with van der Waals surface area (Å²) >= 11 is 0. The number of para-hydroxylation sites is 1. The Bertz CT molecular complexity index is 1090. The number of fused-ring (bicyclic) bond motifs is 1. The van der Waals surface area contributed by atoms with Crippen molar-refractivity contribution >= 4 is 16.9 Å². The minimum Gasteiger partial charge on any atom is -0.490 e. The molecule has 1 unspecified atom stereocenters. The van der Waals surface area contributed by atoms with Crippen molar-refractivity contribution in [1.82, 2.24) is 4.98 Å². The number of carbonyl (C=O) groups is 1. The molecular formula is C26H31NO5. The van der Waals surface area contributed by atoms with Gasteiger partial charge in [-0.05, 0) is 63.4 Å². The van der Waals surface area contributed by atoms with E-state index in [-0.39, 0.29) is 19.1 Å². The monoisotopic (exact) mass is 437 g/mol. The third-order valence-electron chi connectivity index (χ3n) is 5.10. The van der Waals surface area contributed by atoms with E-state index in [0.717, 1.165) is 38.9 Å². The zero-order valence-electron chi connectivity index (χ0n) is 19.3. The zero-order chi connectivity index (χ0) is 23.3. The van der Waals surface area contributed by atoms with Crippen molar-refractivity contribution in [3.63, 3.8) is 0 Å². The third-order valence-corrected chi connectivity index (χ3v) is 5.10. The van der Waals surface area contributed by atoms with Gasteiger partial charge >= 0.3 is 5.97 Å². The van der Waals surface area contributed by atoms with E-state index in [0.29, 0.717) is 12.4 Å². The Morgan fingerprint density at radius 1 is 1.12 bits per heavy atom. The van der Waals surface area contributed by atoms with Gasteiger partial charge in [0.15, 0.2) is 6.10 Å². The fraction of sp³-hybridized carbons (Fsp3) is 0.385. The molecule has 32 heavy (non-hydrogen) atoms. The highest BCUT2D eigenvalue weighted by Crippen LogP contribution is 2.34. The maximum atomic E-state index is 11.5. The molecule has 0 radical (unpaired) electrons. The van der Waals surface area contributed by atoms with Crippen LogP contribution in [-0.2, 0) is 22.6 Å². The Labute approximate surface area is 189 Å². The van der Waals surface area contributed by atoms with E-state index in [1.807, 2.05) is 38.1 Å². The van der Waals surface area contributed by atoms with Crippen LogP contribution in [0.5, 0.6) is 11.5 Å². The first-order chi connectivity index (χ1) is 15.3. The van der Waals surface area contributed by atoms with Crippen molar-refractivity contribution in [3.8, 4) is 11.5 Å². The van der Waals surface area contributed by atoms with E-state index >= 15 is 0 Å². The second-order valence-corrected chi connectivity index (χ2v) is 8.14. The van der Waals surface area contributed by atoms with Gasteiger partial charge in [-0.1, -0.05) is 24.3 Å². The highest BCUT2D eigenvalue weighted by atomic mass is 16.5. The molecule has 0 spiro atoms. The van der Waals surface area contributed by atoms with E-state index in [1.54, 1.807) is 13.1 Å². The van der Waals surface area contributed by atoms with Gasteiger partial charge in [0.2, 0.25) is 0 Å². The van der Waals surface area contributed by atoms with Crippen LogP contribution in [0.25, 0.3) is 10.9 Å². The number of rotatable bonds is 10. The summed E-state index contributed by atoms with van der Waals surface area (Å²) in [4.78, 5) is 16.2. The average Bonchev–Trinajstić information content (AvgIpc) is 2.72. The number of nitrogens with zero attached hydrogens (tertiary/aromatic N) is 1. The van der Waals surface area contributed by atoms with Crippen LogP contribution in [0.1, 0.15) is 43.0 Å². The first-order valence-electron chi connectivity index (χ1n) is 10.9. The summed E-state index contributed by atoms with van der Waals surface area (Å²) in [6.45, 7) is 10.5. The van der Waals surface area contributed by atoms with Crippen molar-refractivity contribution < 1.29 is 24.1 Å². The maximum Gasteiger partial charge on any atom is 0.333 e. The van der Waals surface area contributed by atoms with Crippen molar-refractivity contribution in [2.45, 2.75) is 59.9 Å². The van der Waals surface area contributed by atoms with Crippen LogP contribution in [-0.4, -0.2) is 34.9 Å². The standard InChI is InChI=1S/C26H31NO5/c1-6-30-23(26(28)29)13-19-9-7-8-10-22(19)31-15-20-14-27-21-12-17(4)11-18(5)24(21)25(20)32-16(2)3/h7-12,14,16,23H,6,13,15H2,1-5H3,(H,28,29). The molecule has 0 aliphatic rings. The Balaban J connectivity index is 1.92.